The fourth-order valence-electron chi connectivity index (χ4n) is 1.99. The van der Waals surface area contributed by atoms with E-state index in [2.05, 4.69) is 16.7 Å². The third-order valence-electron chi connectivity index (χ3n) is 2.74. The molecule has 1 aliphatic heterocycles. The molecule has 0 amide bonds. The summed E-state index contributed by atoms with van der Waals surface area (Å²) in [5, 5.41) is 6.70. The SMILES string of the molecule is CNC1CCNc2c(OC)cccc21. The van der Waals surface area contributed by atoms with Crippen molar-refractivity contribution in [3.8, 4) is 5.75 Å². The van der Waals surface area contributed by atoms with E-state index in [0.717, 1.165) is 24.4 Å². The molecule has 1 unspecified atom stereocenters. The van der Waals surface area contributed by atoms with Crippen molar-refractivity contribution in [1.82, 2.24) is 5.32 Å². The zero-order valence-corrected chi connectivity index (χ0v) is 8.63. The Morgan fingerprint density at radius 1 is 1.50 bits per heavy atom. The maximum atomic E-state index is 5.32. The molecule has 14 heavy (non-hydrogen) atoms. The van der Waals surface area contributed by atoms with Gasteiger partial charge in [-0.25, -0.2) is 0 Å². The van der Waals surface area contributed by atoms with Gasteiger partial charge in [-0.15, -0.1) is 0 Å². The number of nitrogens with one attached hydrogen (secondary N) is 2. The zero-order chi connectivity index (χ0) is 9.97. The van der Waals surface area contributed by atoms with Crippen LogP contribution in [0.15, 0.2) is 18.2 Å². The van der Waals surface area contributed by atoms with Gasteiger partial charge in [-0.05, 0) is 25.1 Å². The topological polar surface area (TPSA) is 33.3 Å². The molecule has 1 aromatic carbocycles. The van der Waals surface area contributed by atoms with E-state index in [9.17, 15) is 0 Å². The molecule has 76 valence electrons. The summed E-state index contributed by atoms with van der Waals surface area (Å²) in [5.41, 5.74) is 2.44. The first-order valence-corrected chi connectivity index (χ1v) is 4.95. The molecule has 0 spiro atoms. The van der Waals surface area contributed by atoms with Crippen molar-refractivity contribution in [1.29, 1.82) is 0 Å². The van der Waals surface area contributed by atoms with Gasteiger partial charge in [0.2, 0.25) is 0 Å². The molecule has 1 aliphatic rings. The first-order chi connectivity index (χ1) is 6.86. The number of methoxy groups -OCH3 is 1. The summed E-state index contributed by atoms with van der Waals surface area (Å²) in [6.45, 7) is 0.999. The Bertz CT molecular complexity index is 325. The average Bonchev–Trinajstić information content (AvgIpc) is 2.27. The number of anilines is 1. The average molecular weight is 192 g/mol. The highest BCUT2D eigenvalue weighted by atomic mass is 16.5. The van der Waals surface area contributed by atoms with Crippen LogP contribution in [0.3, 0.4) is 0 Å². The van der Waals surface area contributed by atoms with Crippen molar-refractivity contribution in [2.75, 3.05) is 26.0 Å². The van der Waals surface area contributed by atoms with Crippen molar-refractivity contribution in [2.45, 2.75) is 12.5 Å². The van der Waals surface area contributed by atoms with E-state index < -0.39 is 0 Å². The van der Waals surface area contributed by atoms with Crippen LogP contribution in [0.4, 0.5) is 5.69 Å². The van der Waals surface area contributed by atoms with Gasteiger partial charge in [-0.3, -0.25) is 0 Å². The minimum absolute atomic E-state index is 0.446. The summed E-state index contributed by atoms with van der Waals surface area (Å²) in [5.74, 6) is 0.933. The molecule has 0 fully saturated rings. The quantitative estimate of drug-likeness (QED) is 0.749. The molecule has 2 N–H and O–H groups in total. The third kappa shape index (κ3) is 1.44. The van der Waals surface area contributed by atoms with Gasteiger partial charge in [0, 0.05) is 12.6 Å². The molecule has 0 aliphatic carbocycles. The van der Waals surface area contributed by atoms with Gasteiger partial charge >= 0.3 is 0 Å². The standard InChI is InChI=1S/C11H16N2O/c1-12-9-6-7-13-11-8(9)4-3-5-10(11)14-2/h3-5,9,12-13H,6-7H2,1-2H3. The number of hydrogen-bond donors (Lipinski definition) is 2. The predicted molar refractivity (Wildman–Crippen MR) is 57.9 cm³/mol. The molecule has 0 saturated carbocycles. The molecule has 2 rings (SSSR count). The van der Waals surface area contributed by atoms with Gasteiger partial charge in [0.1, 0.15) is 5.75 Å². The second-order valence-corrected chi connectivity index (χ2v) is 3.48. The maximum absolute atomic E-state index is 5.32. The minimum Gasteiger partial charge on any atom is -0.495 e. The largest absolute Gasteiger partial charge is 0.495 e. The van der Waals surface area contributed by atoms with Gasteiger partial charge in [0.05, 0.1) is 12.8 Å². The number of hydrogen-bond acceptors (Lipinski definition) is 3. The van der Waals surface area contributed by atoms with Gasteiger partial charge in [-0.2, -0.15) is 0 Å². The fourth-order valence-corrected chi connectivity index (χ4v) is 1.99. The van der Waals surface area contributed by atoms with Crippen molar-refractivity contribution in [3.05, 3.63) is 23.8 Å². The summed E-state index contributed by atoms with van der Waals surface area (Å²) in [7, 11) is 3.71. The Hall–Kier alpha value is -1.22. The molecule has 1 atom stereocenters. The van der Waals surface area contributed by atoms with Crippen molar-refractivity contribution in [3.63, 3.8) is 0 Å². The van der Waals surface area contributed by atoms with Crippen LogP contribution in [0.1, 0.15) is 18.0 Å². The Morgan fingerprint density at radius 2 is 2.36 bits per heavy atom. The number of rotatable bonds is 2. The number of fused-ring (bicyclic) bond motifs is 1. The lowest BCUT2D eigenvalue weighted by molar-refractivity contribution is 0.413. The molecule has 3 heteroatoms. The van der Waals surface area contributed by atoms with Crippen LogP contribution in [0.25, 0.3) is 0 Å². The summed E-state index contributed by atoms with van der Waals surface area (Å²) in [4.78, 5) is 0. The lowest BCUT2D eigenvalue weighted by Gasteiger charge is -2.27. The first-order valence-electron chi connectivity index (χ1n) is 4.95. The Labute approximate surface area is 84.5 Å². The van der Waals surface area contributed by atoms with Gasteiger partial charge in [0.15, 0.2) is 0 Å². The van der Waals surface area contributed by atoms with Gasteiger partial charge in [0.25, 0.3) is 0 Å². The lowest BCUT2D eigenvalue weighted by Crippen LogP contribution is -2.25. The second-order valence-electron chi connectivity index (χ2n) is 3.48. The highest BCUT2D eigenvalue weighted by Gasteiger charge is 2.20. The van der Waals surface area contributed by atoms with Crippen molar-refractivity contribution < 1.29 is 4.74 Å². The van der Waals surface area contributed by atoms with Crippen LogP contribution in [0.2, 0.25) is 0 Å². The molecule has 0 radical (unpaired) electrons. The molecule has 3 nitrogen and oxygen atoms in total. The van der Waals surface area contributed by atoms with E-state index in [1.807, 2.05) is 19.2 Å². The Balaban J connectivity index is 2.43. The first kappa shape index (κ1) is 9.34. The summed E-state index contributed by atoms with van der Waals surface area (Å²) < 4.78 is 5.32. The van der Waals surface area contributed by atoms with E-state index in [1.165, 1.54) is 5.56 Å². The molecule has 0 saturated heterocycles. The van der Waals surface area contributed by atoms with Gasteiger partial charge < -0.3 is 15.4 Å². The van der Waals surface area contributed by atoms with E-state index in [-0.39, 0.29) is 0 Å². The van der Waals surface area contributed by atoms with Crippen LogP contribution >= 0.6 is 0 Å². The fraction of sp³-hybridized carbons (Fsp3) is 0.455. The lowest BCUT2D eigenvalue weighted by atomic mass is 9.97. The van der Waals surface area contributed by atoms with Crippen LogP contribution in [-0.4, -0.2) is 20.7 Å². The molecule has 0 aromatic heterocycles. The molecule has 1 heterocycles. The highest BCUT2D eigenvalue weighted by Crippen LogP contribution is 2.36. The van der Waals surface area contributed by atoms with Crippen molar-refractivity contribution in [2.24, 2.45) is 0 Å². The number of ether oxygens (including phenoxy) is 1. The summed E-state index contributed by atoms with van der Waals surface area (Å²) in [6, 6.07) is 6.62. The minimum atomic E-state index is 0.446. The Kier molecular flexibility index (Phi) is 2.59. The van der Waals surface area contributed by atoms with E-state index in [4.69, 9.17) is 4.74 Å². The normalized spacial score (nSPS) is 19.7. The van der Waals surface area contributed by atoms with Crippen molar-refractivity contribution >= 4 is 5.69 Å². The molecule has 1 aromatic rings. The molecule has 0 bridgehead atoms. The van der Waals surface area contributed by atoms with Gasteiger partial charge in [-0.1, -0.05) is 12.1 Å². The van der Waals surface area contributed by atoms with Crippen LogP contribution < -0.4 is 15.4 Å². The van der Waals surface area contributed by atoms with E-state index >= 15 is 0 Å². The number of benzene rings is 1. The second kappa shape index (κ2) is 3.88. The number of para-hydroxylation sites is 1. The molecular formula is C11H16N2O. The molecular weight excluding hydrogens is 176 g/mol. The zero-order valence-electron chi connectivity index (χ0n) is 8.63. The monoisotopic (exact) mass is 192 g/mol. The van der Waals surface area contributed by atoms with Crippen LogP contribution in [0, 0.1) is 0 Å². The van der Waals surface area contributed by atoms with Crippen LogP contribution in [0.5, 0.6) is 5.75 Å². The maximum Gasteiger partial charge on any atom is 0.142 e. The highest BCUT2D eigenvalue weighted by molar-refractivity contribution is 5.64. The Morgan fingerprint density at radius 3 is 3.07 bits per heavy atom. The van der Waals surface area contributed by atoms with E-state index in [0.29, 0.717) is 6.04 Å². The third-order valence-corrected chi connectivity index (χ3v) is 2.74. The summed E-state index contributed by atoms with van der Waals surface area (Å²) >= 11 is 0. The predicted octanol–water partition coefficient (Wildman–Crippen LogP) is 1.77. The van der Waals surface area contributed by atoms with Crippen LogP contribution in [-0.2, 0) is 0 Å². The van der Waals surface area contributed by atoms with E-state index in [1.54, 1.807) is 7.11 Å². The summed E-state index contributed by atoms with van der Waals surface area (Å²) in [6.07, 6.45) is 1.12. The smallest absolute Gasteiger partial charge is 0.142 e.